The van der Waals surface area contributed by atoms with Crippen LogP contribution in [0.25, 0.3) is 0 Å². The van der Waals surface area contributed by atoms with E-state index in [1.807, 2.05) is 0 Å². The molecule has 3 heteroatoms. The minimum absolute atomic E-state index is 0.675. The van der Waals surface area contributed by atoms with Gasteiger partial charge in [-0.2, -0.15) is 0 Å². The van der Waals surface area contributed by atoms with Crippen molar-refractivity contribution in [2.24, 2.45) is 0 Å². The zero-order chi connectivity index (χ0) is 11.5. The lowest BCUT2D eigenvalue weighted by atomic mass is 10.1. The van der Waals surface area contributed by atoms with Gasteiger partial charge in [0.1, 0.15) is 5.76 Å². The third-order valence-corrected chi connectivity index (χ3v) is 3.98. The molecule has 2 fully saturated rings. The average molecular weight is 234 g/mol. The summed E-state index contributed by atoms with van der Waals surface area (Å²) in [6.45, 7) is 0.876. The van der Waals surface area contributed by atoms with E-state index in [0.29, 0.717) is 12.0 Å². The topological polar surface area (TPSA) is 38.1 Å². The zero-order valence-electron chi connectivity index (χ0n) is 10.5. The van der Waals surface area contributed by atoms with Crippen molar-refractivity contribution in [3.8, 4) is 0 Å². The van der Waals surface area contributed by atoms with E-state index in [2.05, 4.69) is 16.5 Å². The fourth-order valence-electron chi connectivity index (χ4n) is 2.70. The number of rotatable bonds is 4. The average Bonchev–Trinajstić information content (AvgIpc) is 3.13. The summed E-state index contributed by atoms with van der Waals surface area (Å²) in [7, 11) is 0. The highest BCUT2D eigenvalue weighted by atomic mass is 16.5. The van der Waals surface area contributed by atoms with E-state index >= 15 is 0 Å². The van der Waals surface area contributed by atoms with Crippen LogP contribution in [0.2, 0.25) is 0 Å². The molecule has 3 nitrogen and oxygen atoms in total. The smallest absolute Gasteiger partial charge is 0.140 e. The van der Waals surface area contributed by atoms with E-state index < -0.39 is 0 Å². The third-order valence-electron chi connectivity index (χ3n) is 3.98. The number of nitrogens with zero attached hydrogens (tertiary/aromatic N) is 1. The van der Waals surface area contributed by atoms with Crippen molar-refractivity contribution in [1.82, 2.24) is 10.5 Å². The van der Waals surface area contributed by atoms with E-state index in [1.54, 1.807) is 0 Å². The Morgan fingerprint density at radius 1 is 1.12 bits per heavy atom. The molecule has 2 aliphatic rings. The van der Waals surface area contributed by atoms with Crippen LogP contribution in [0.15, 0.2) is 10.6 Å². The van der Waals surface area contributed by atoms with Crippen molar-refractivity contribution in [3.63, 3.8) is 0 Å². The molecule has 0 aromatic carbocycles. The van der Waals surface area contributed by atoms with Crippen LogP contribution in [-0.2, 0) is 6.54 Å². The third kappa shape index (κ3) is 3.09. The molecule has 17 heavy (non-hydrogen) atoms. The van der Waals surface area contributed by atoms with Gasteiger partial charge in [-0.25, -0.2) is 0 Å². The highest BCUT2D eigenvalue weighted by molar-refractivity contribution is 5.14. The van der Waals surface area contributed by atoms with Gasteiger partial charge in [-0.1, -0.05) is 30.8 Å². The lowest BCUT2D eigenvalue weighted by molar-refractivity contribution is 0.371. The van der Waals surface area contributed by atoms with Gasteiger partial charge in [-0.15, -0.1) is 0 Å². The number of nitrogens with one attached hydrogen (secondary N) is 1. The van der Waals surface area contributed by atoms with Gasteiger partial charge in [-0.05, 0) is 25.7 Å². The van der Waals surface area contributed by atoms with Crippen LogP contribution >= 0.6 is 0 Å². The van der Waals surface area contributed by atoms with Crippen LogP contribution in [0.5, 0.6) is 0 Å². The van der Waals surface area contributed by atoms with Crippen molar-refractivity contribution < 1.29 is 4.52 Å². The van der Waals surface area contributed by atoms with Gasteiger partial charge in [-0.3, -0.25) is 0 Å². The normalized spacial score (nSPS) is 22.6. The molecular formula is C14H22N2O. The highest BCUT2D eigenvalue weighted by Gasteiger charge is 2.27. The predicted molar refractivity (Wildman–Crippen MR) is 66.8 cm³/mol. The molecule has 94 valence electrons. The van der Waals surface area contributed by atoms with Gasteiger partial charge in [0.25, 0.3) is 0 Å². The van der Waals surface area contributed by atoms with E-state index in [-0.39, 0.29) is 0 Å². The molecule has 2 aliphatic carbocycles. The Bertz CT molecular complexity index is 349. The Balaban J connectivity index is 1.48. The summed E-state index contributed by atoms with van der Waals surface area (Å²) >= 11 is 0. The Hall–Kier alpha value is -0.830. The van der Waals surface area contributed by atoms with Gasteiger partial charge in [0.05, 0.1) is 5.69 Å². The lowest BCUT2D eigenvalue weighted by Crippen LogP contribution is -2.27. The van der Waals surface area contributed by atoms with E-state index in [4.69, 9.17) is 4.52 Å². The van der Waals surface area contributed by atoms with Crippen LogP contribution in [-0.4, -0.2) is 11.2 Å². The minimum atomic E-state index is 0.675. The summed E-state index contributed by atoms with van der Waals surface area (Å²) in [5, 5.41) is 7.78. The minimum Gasteiger partial charge on any atom is -0.361 e. The lowest BCUT2D eigenvalue weighted by Gasteiger charge is -2.14. The SMILES string of the molecule is c1c(CNC2CCCCCC2)noc1C1CC1. The molecule has 1 N–H and O–H groups in total. The summed E-state index contributed by atoms with van der Waals surface area (Å²) in [5.74, 6) is 1.77. The van der Waals surface area contributed by atoms with Crippen LogP contribution in [0, 0.1) is 0 Å². The molecule has 0 saturated heterocycles. The molecule has 0 spiro atoms. The Morgan fingerprint density at radius 2 is 1.88 bits per heavy atom. The van der Waals surface area contributed by atoms with E-state index in [9.17, 15) is 0 Å². The van der Waals surface area contributed by atoms with Crippen LogP contribution in [0.3, 0.4) is 0 Å². The molecule has 0 atom stereocenters. The van der Waals surface area contributed by atoms with Crippen molar-refractivity contribution in [1.29, 1.82) is 0 Å². The first-order valence-electron chi connectivity index (χ1n) is 7.11. The fraction of sp³-hybridized carbons (Fsp3) is 0.786. The quantitative estimate of drug-likeness (QED) is 0.812. The van der Waals surface area contributed by atoms with Gasteiger partial charge < -0.3 is 9.84 Å². The van der Waals surface area contributed by atoms with Gasteiger partial charge in [0, 0.05) is 24.6 Å². The maximum absolute atomic E-state index is 5.36. The largest absolute Gasteiger partial charge is 0.361 e. The summed E-state index contributed by atoms with van der Waals surface area (Å²) in [4.78, 5) is 0. The van der Waals surface area contributed by atoms with E-state index in [1.165, 1.54) is 51.4 Å². The Morgan fingerprint density at radius 3 is 2.59 bits per heavy atom. The molecule has 0 radical (unpaired) electrons. The number of aromatic nitrogens is 1. The monoisotopic (exact) mass is 234 g/mol. The molecule has 1 aromatic rings. The molecule has 0 bridgehead atoms. The van der Waals surface area contributed by atoms with Crippen molar-refractivity contribution in [2.45, 2.75) is 69.9 Å². The van der Waals surface area contributed by atoms with Crippen molar-refractivity contribution >= 4 is 0 Å². The van der Waals surface area contributed by atoms with Gasteiger partial charge >= 0.3 is 0 Å². The fourth-order valence-corrected chi connectivity index (χ4v) is 2.70. The highest BCUT2D eigenvalue weighted by Crippen LogP contribution is 2.40. The number of hydrogen-bond acceptors (Lipinski definition) is 3. The van der Waals surface area contributed by atoms with Crippen molar-refractivity contribution in [2.75, 3.05) is 0 Å². The van der Waals surface area contributed by atoms with Gasteiger partial charge in [0.15, 0.2) is 0 Å². The molecule has 0 aliphatic heterocycles. The Labute approximate surface area is 103 Å². The first kappa shape index (κ1) is 11.3. The van der Waals surface area contributed by atoms with E-state index in [0.717, 1.165) is 18.0 Å². The van der Waals surface area contributed by atoms with Gasteiger partial charge in [0.2, 0.25) is 0 Å². The standard InChI is InChI=1S/C14H22N2O/c1-2-4-6-12(5-3-1)15-10-13-9-14(17-16-13)11-7-8-11/h9,11-12,15H,1-8,10H2. The molecular weight excluding hydrogens is 212 g/mol. The first-order chi connectivity index (χ1) is 8.42. The molecule has 2 saturated carbocycles. The second kappa shape index (κ2) is 5.21. The molecule has 3 rings (SSSR count). The number of hydrogen-bond donors (Lipinski definition) is 1. The predicted octanol–water partition coefficient (Wildman–Crippen LogP) is 3.36. The van der Waals surface area contributed by atoms with Crippen molar-refractivity contribution in [3.05, 3.63) is 17.5 Å². The summed E-state index contributed by atoms with van der Waals surface area (Å²) in [6, 6.07) is 2.83. The second-order valence-corrected chi connectivity index (χ2v) is 5.56. The Kier molecular flexibility index (Phi) is 3.46. The summed E-state index contributed by atoms with van der Waals surface area (Å²) in [6.07, 6.45) is 10.8. The molecule has 1 aromatic heterocycles. The van der Waals surface area contributed by atoms with Crippen LogP contribution in [0.1, 0.15) is 68.7 Å². The summed E-state index contributed by atoms with van der Waals surface area (Å²) in [5.41, 5.74) is 1.08. The molecule has 0 amide bonds. The second-order valence-electron chi connectivity index (χ2n) is 5.56. The maximum atomic E-state index is 5.36. The molecule has 0 unspecified atom stereocenters. The molecule has 1 heterocycles. The summed E-state index contributed by atoms with van der Waals surface area (Å²) < 4.78 is 5.36. The first-order valence-corrected chi connectivity index (χ1v) is 7.11. The van der Waals surface area contributed by atoms with Crippen LogP contribution < -0.4 is 5.32 Å². The maximum Gasteiger partial charge on any atom is 0.140 e. The zero-order valence-corrected chi connectivity index (χ0v) is 10.5. The van der Waals surface area contributed by atoms with Crippen LogP contribution in [0.4, 0.5) is 0 Å².